The molecule has 2 N–H and O–H groups in total. The summed E-state index contributed by atoms with van der Waals surface area (Å²) in [4.78, 5) is 11.2. The zero-order valence-electron chi connectivity index (χ0n) is 12.8. The molecule has 20 heavy (non-hydrogen) atoms. The highest BCUT2D eigenvalue weighted by Crippen LogP contribution is 2.23. The highest BCUT2D eigenvalue weighted by atomic mass is 16.4. The van der Waals surface area contributed by atoms with Crippen LogP contribution < -0.4 is 5.32 Å². The van der Waals surface area contributed by atoms with Crippen LogP contribution in [0.3, 0.4) is 0 Å². The maximum atomic E-state index is 11.2. The molecule has 2 atom stereocenters. The van der Waals surface area contributed by atoms with Gasteiger partial charge in [0, 0.05) is 6.54 Å². The molecule has 0 aliphatic heterocycles. The van der Waals surface area contributed by atoms with Crippen molar-refractivity contribution in [3.05, 3.63) is 35.9 Å². The summed E-state index contributed by atoms with van der Waals surface area (Å²) in [5.41, 5.74) is 1.29. The molecule has 0 heterocycles. The molecule has 0 radical (unpaired) electrons. The molecule has 1 aromatic carbocycles. The second-order valence-corrected chi connectivity index (χ2v) is 5.82. The fourth-order valence-electron chi connectivity index (χ4n) is 2.52. The lowest BCUT2D eigenvalue weighted by Gasteiger charge is -2.22. The third-order valence-electron chi connectivity index (χ3n) is 3.51. The van der Waals surface area contributed by atoms with Gasteiger partial charge in [0.1, 0.15) is 6.04 Å². The number of rotatable bonds is 9. The van der Waals surface area contributed by atoms with E-state index in [0.29, 0.717) is 18.3 Å². The van der Waals surface area contributed by atoms with Gasteiger partial charge < -0.3 is 10.4 Å². The molecular weight excluding hydrogens is 250 g/mol. The van der Waals surface area contributed by atoms with E-state index in [2.05, 4.69) is 31.3 Å². The van der Waals surface area contributed by atoms with Crippen LogP contribution >= 0.6 is 0 Å². The minimum Gasteiger partial charge on any atom is -0.480 e. The topological polar surface area (TPSA) is 49.3 Å². The third-order valence-corrected chi connectivity index (χ3v) is 3.51. The van der Waals surface area contributed by atoms with Crippen molar-refractivity contribution in [2.45, 2.75) is 52.0 Å². The molecule has 0 fully saturated rings. The molecule has 0 aromatic heterocycles. The van der Waals surface area contributed by atoms with Crippen molar-refractivity contribution in [3.63, 3.8) is 0 Å². The average molecular weight is 277 g/mol. The van der Waals surface area contributed by atoms with Gasteiger partial charge in [-0.1, -0.05) is 57.5 Å². The van der Waals surface area contributed by atoms with Crippen LogP contribution in [0.25, 0.3) is 0 Å². The van der Waals surface area contributed by atoms with Crippen LogP contribution in [0.15, 0.2) is 30.3 Å². The number of carboxylic acid groups (broad SMARTS) is 1. The zero-order chi connectivity index (χ0) is 15.0. The molecule has 1 aromatic rings. The molecule has 0 aliphatic rings. The molecule has 3 heteroatoms. The maximum absolute atomic E-state index is 11.2. The molecular formula is C17H27NO2. The van der Waals surface area contributed by atoms with Gasteiger partial charge in [0.05, 0.1) is 0 Å². The Labute approximate surface area is 122 Å². The van der Waals surface area contributed by atoms with E-state index in [0.717, 1.165) is 19.4 Å². The van der Waals surface area contributed by atoms with Crippen LogP contribution in [0.4, 0.5) is 0 Å². The van der Waals surface area contributed by atoms with Crippen LogP contribution in [0.1, 0.15) is 51.5 Å². The summed E-state index contributed by atoms with van der Waals surface area (Å²) in [5.74, 6) is 0.217. The Morgan fingerprint density at radius 2 is 1.90 bits per heavy atom. The minimum atomic E-state index is -0.747. The average Bonchev–Trinajstić information content (AvgIpc) is 2.42. The lowest BCUT2D eigenvalue weighted by atomic mass is 9.90. The summed E-state index contributed by atoms with van der Waals surface area (Å²) in [6.07, 6.45) is 2.62. The molecule has 112 valence electrons. The van der Waals surface area contributed by atoms with E-state index in [1.165, 1.54) is 5.56 Å². The second kappa shape index (κ2) is 8.75. The van der Waals surface area contributed by atoms with E-state index >= 15 is 0 Å². The first-order valence-electron chi connectivity index (χ1n) is 7.55. The Hall–Kier alpha value is -1.35. The molecule has 1 rings (SSSR count). The second-order valence-electron chi connectivity index (χ2n) is 5.82. The van der Waals surface area contributed by atoms with Crippen molar-refractivity contribution < 1.29 is 9.90 Å². The first-order chi connectivity index (χ1) is 9.54. The van der Waals surface area contributed by atoms with E-state index in [-0.39, 0.29) is 0 Å². The van der Waals surface area contributed by atoms with Gasteiger partial charge >= 0.3 is 5.97 Å². The number of carboxylic acids is 1. The molecule has 3 nitrogen and oxygen atoms in total. The Balaban J connectivity index is 2.68. The van der Waals surface area contributed by atoms with Gasteiger partial charge in [0.2, 0.25) is 0 Å². The van der Waals surface area contributed by atoms with Gasteiger partial charge in [-0.05, 0) is 30.2 Å². The molecule has 0 bridgehead atoms. The fourth-order valence-corrected chi connectivity index (χ4v) is 2.52. The van der Waals surface area contributed by atoms with Gasteiger partial charge in [-0.3, -0.25) is 4.79 Å². The van der Waals surface area contributed by atoms with Gasteiger partial charge in [0.25, 0.3) is 0 Å². The molecule has 0 saturated heterocycles. The van der Waals surface area contributed by atoms with Crippen LogP contribution in [0.5, 0.6) is 0 Å². The lowest BCUT2D eigenvalue weighted by Crippen LogP contribution is -2.39. The standard InChI is InChI=1S/C17H27NO2/c1-4-8-16(17(19)20)18-12-15(11-13(2)3)14-9-6-5-7-10-14/h5-7,9-10,13,15-16,18H,4,8,11-12H2,1-3H3,(H,19,20). The quantitative estimate of drug-likeness (QED) is 0.724. The van der Waals surface area contributed by atoms with Gasteiger partial charge in [-0.15, -0.1) is 0 Å². The van der Waals surface area contributed by atoms with Crippen LogP contribution in [0, 0.1) is 5.92 Å². The first kappa shape index (κ1) is 16.7. The maximum Gasteiger partial charge on any atom is 0.320 e. The van der Waals surface area contributed by atoms with E-state index < -0.39 is 12.0 Å². The predicted octanol–water partition coefficient (Wildman–Crippen LogP) is 3.66. The van der Waals surface area contributed by atoms with Crippen molar-refractivity contribution in [3.8, 4) is 0 Å². The highest BCUT2D eigenvalue weighted by molar-refractivity contribution is 5.73. The van der Waals surface area contributed by atoms with Crippen molar-refractivity contribution in [2.24, 2.45) is 5.92 Å². The van der Waals surface area contributed by atoms with Crippen molar-refractivity contribution in [1.29, 1.82) is 0 Å². The third kappa shape index (κ3) is 5.74. The minimum absolute atomic E-state index is 0.370. The largest absolute Gasteiger partial charge is 0.480 e. The SMILES string of the molecule is CCCC(NCC(CC(C)C)c1ccccc1)C(=O)O. The van der Waals surface area contributed by atoms with Gasteiger partial charge in [-0.2, -0.15) is 0 Å². The van der Waals surface area contributed by atoms with Crippen LogP contribution in [-0.4, -0.2) is 23.7 Å². The number of nitrogens with one attached hydrogen (secondary N) is 1. The van der Waals surface area contributed by atoms with E-state index in [1.807, 2.05) is 25.1 Å². The lowest BCUT2D eigenvalue weighted by molar-refractivity contribution is -0.139. The monoisotopic (exact) mass is 277 g/mol. The summed E-state index contributed by atoms with van der Waals surface area (Å²) in [5, 5.41) is 12.4. The Morgan fingerprint density at radius 1 is 1.25 bits per heavy atom. The number of benzene rings is 1. The van der Waals surface area contributed by atoms with Crippen molar-refractivity contribution in [2.75, 3.05) is 6.54 Å². The molecule has 0 saturated carbocycles. The summed E-state index contributed by atoms with van der Waals surface area (Å²) in [7, 11) is 0. The van der Waals surface area contributed by atoms with Crippen LogP contribution in [-0.2, 0) is 4.79 Å². The van der Waals surface area contributed by atoms with Gasteiger partial charge in [0.15, 0.2) is 0 Å². The summed E-state index contributed by atoms with van der Waals surface area (Å²) < 4.78 is 0. The zero-order valence-corrected chi connectivity index (χ0v) is 12.8. The smallest absolute Gasteiger partial charge is 0.320 e. The summed E-state index contributed by atoms with van der Waals surface area (Å²) >= 11 is 0. The Kier molecular flexibility index (Phi) is 7.31. The normalized spacial score (nSPS) is 14.2. The van der Waals surface area contributed by atoms with E-state index in [1.54, 1.807) is 0 Å². The van der Waals surface area contributed by atoms with Crippen molar-refractivity contribution in [1.82, 2.24) is 5.32 Å². The number of hydrogen-bond acceptors (Lipinski definition) is 2. The first-order valence-corrected chi connectivity index (χ1v) is 7.55. The van der Waals surface area contributed by atoms with E-state index in [4.69, 9.17) is 0 Å². The number of carbonyl (C=O) groups is 1. The predicted molar refractivity (Wildman–Crippen MR) is 83.0 cm³/mol. The number of aliphatic carboxylic acids is 1. The molecule has 2 unspecified atom stereocenters. The fraction of sp³-hybridized carbons (Fsp3) is 0.588. The van der Waals surface area contributed by atoms with Gasteiger partial charge in [-0.25, -0.2) is 0 Å². The van der Waals surface area contributed by atoms with E-state index in [9.17, 15) is 9.90 Å². The Morgan fingerprint density at radius 3 is 2.40 bits per heavy atom. The highest BCUT2D eigenvalue weighted by Gasteiger charge is 2.19. The molecule has 0 amide bonds. The molecule has 0 spiro atoms. The van der Waals surface area contributed by atoms with Crippen LogP contribution in [0.2, 0.25) is 0 Å². The Bertz CT molecular complexity index is 389. The van der Waals surface area contributed by atoms with Crippen molar-refractivity contribution >= 4 is 5.97 Å². The summed E-state index contributed by atoms with van der Waals surface area (Å²) in [6.45, 7) is 7.15. The summed E-state index contributed by atoms with van der Waals surface area (Å²) in [6, 6.07) is 9.93. The molecule has 0 aliphatic carbocycles. The number of hydrogen-bond donors (Lipinski definition) is 2.